The van der Waals surface area contributed by atoms with Gasteiger partial charge in [0, 0.05) is 43.0 Å². The summed E-state index contributed by atoms with van der Waals surface area (Å²) in [5.74, 6) is 0.301. The SMILES string of the molecule is CC(C)(C)c1c[c-]c2c(ccn3c4c(c(=O)nc23)C2CCC4(C)C2(C)C)n1.N#Cc1cc[c-]c(-c2ccccn2)c1.[Ir]. The van der Waals surface area contributed by atoms with Crippen LogP contribution in [0.4, 0.5) is 0 Å². The molecule has 1 saturated carbocycles. The van der Waals surface area contributed by atoms with E-state index in [1.54, 1.807) is 24.4 Å². The minimum Gasteiger partial charge on any atom is -0.348 e. The monoisotopic (exact) mass is 732 g/mol. The van der Waals surface area contributed by atoms with E-state index in [2.05, 4.69) is 80.3 Å². The van der Waals surface area contributed by atoms with Gasteiger partial charge in [-0.15, -0.1) is 42.0 Å². The number of nitriles is 1. The van der Waals surface area contributed by atoms with Crippen LogP contribution in [-0.4, -0.2) is 19.4 Å². The fourth-order valence-corrected chi connectivity index (χ4v) is 6.64. The molecule has 42 heavy (non-hydrogen) atoms. The van der Waals surface area contributed by atoms with Crippen LogP contribution in [0.25, 0.3) is 27.8 Å². The van der Waals surface area contributed by atoms with Crippen molar-refractivity contribution in [1.82, 2.24) is 19.4 Å². The third kappa shape index (κ3) is 4.58. The van der Waals surface area contributed by atoms with Gasteiger partial charge in [0.2, 0.25) is 0 Å². The Kier molecular flexibility index (Phi) is 7.46. The molecule has 2 bridgehead atoms. The van der Waals surface area contributed by atoms with Crippen LogP contribution in [-0.2, 0) is 30.9 Å². The fraction of sp³-hybridized carbons (Fsp3) is 0.343. The van der Waals surface area contributed by atoms with Crippen molar-refractivity contribution in [2.45, 2.75) is 71.1 Å². The first-order valence-electron chi connectivity index (χ1n) is 14.1. The molecule has 6 nitrogen and oxygen atoms in total. The van der Waals surface area contributed by atoms with E-state index in [-0.39, 0.29) is 41.9 Å². The van der Waals surface area contributed by atoms with E-state index in [9.17, 15) is 4.79 Å². The van der Waals surface area contributed by atoms with Gasteiger partial charge in [-0.2, -0.15) is 5.26 Å². The summed E-state index contributed by atoms with van der Waals surface area (Å²) in [6.45, 7) is 13.4. The van der Waals surface area contributed by atoms with Gasteiger partial charge in [0.15, 0.2) is 0 Å². The Morgan fingerprint density at radius 3 is 2.57 bits per heavy atom. The van der Waals surface area contributed by atoms with E-state index in [1.807, 2.05) is 30.3 Å². The minimum atomic E-state index is -0.0627. The normalized spacial score (nSPS) is 19.9. The molecule has 7 heteroatoms. The van der Waals surface area contributed by atoms with Crippen LogP contribution in [0.15, 0.2) is 65.7 Å². The Morgan fingerprint density at radius 1 is 1.10 bits per heavy atom. The Hall–Kier alpha value is -3.72. The van der Waals surface area contributed by atoms with Gasteiger partial charge in [-0.05, 0) is 64.3 Å². The van der Waals surface area contributed by atoms with E-state index < -0.39 is 0 Å². The molecule has 1 radical (unpaired) electrons. The molecule has 0 saturated heterocycles. The van der Waals surface area contributed by atoms with Crippen molar-refractivity contribution in [2.24, 2.45) is 5.41 Å². The van der Waals surface area contributed by atoms with Crippen molar-refractivity contribution in [2.75, 3.05) is 0 Å². The number of pyridine rings is 3. The van der Waals surface area contributed by atoms with Crippen molar-refractivity contribution >= 4 is 16.6 Å². The average Bonchev–Trinajstić information content (AvgIpc) is 3.30. The van der Waals surface area contributed by atoms with Crippen LogP contribution in [0.1, 0.15) is 82.8 Å². The zero-order valence-corrected chi connectivity index (χ0v) is 27.1. The summed E-state index contributed by atoms with van der Waals surface area (Å²) < 4.78 is 2.15. The number of benzene rings is 1. The third-order valence-electron chi connectivity index (χ3n) is 9.35. The minimum absolute atomic E-state index is 0. The molecule has 0 amide bonds. The van der Waals surface area contributed by atoms with Crippen molar-refractivity contribution in [3.05, 3.63) is 106 Å². The molecule has 215 valence electrons. The largest absolute Gasteiger partial charge is 0.348 e. The van der Waals surface area contributed by atoms with Gasteiger partial charge in [-0.3, -0.25) is 4.79 Å². The van der Waals surface area contributed by atoms with Crippen molar-refractivity contribution in [1.29, 1.82) is 5.26 Å². The first-order chi connectivity index (χ1) is 19.5. The summed E-state index contributed by atoms with van der Waals surface area (Å²) in [7, 11) is 0. The number of fused-ring (bicyclic) bond motifs is 9. The van der Waals surface area contributed by atoms with Gasteiger partial charge in [0.25, 0.3) is 5.56 Å². The maximum absolute atomic E-state index is 13.1. The number of hydrogen-bond acceptors (Lipinski definition) is 5. The molecule has 1 aromatic carbocycles. The summed E-state index contributed by atoms with van der Waals surface area (Å²) in [5.41, 5.74) is 6.91. The van der Waals surface area contributed by atoms with E-state index in [0.717, 1.165) is 52.0 Å². The molecule has 4 heterocycles. The zero-order chi connectivity index (χ0) is 29.2. The van der Waals surface area contributed by atoms with Crippen LogP contribution in [0.2, 0.25) is 0 Å². The quantitative estimate of drug-likeness (QED) is 0.138. The van der Waals surface area contributed by atoms with Gasteiger partial charge in [-0.1, -0.05) is 65.1 Å². The summed E-state index contributed by atoms with van der Waals surface area (Å²) in [6.07, 6.45) is 5.97. The van der Waals surface area contributed by atoms with E-state index >= 15 is 0 Å². The Labute approximate surface area is 260 Å². The van der Waals surface area contributed by atoms with Crippen LogP contribution in [0, 0.1) is 28.9 Å². The zero-order valence-electron chi connectivity index (χ0n) is 24.7. The molecule has 2 aliphatic rings. The molecule has 0 aliphatic heterocycles. The Bertz CT molecular complexity index is 1920. The Balaban J connectivity index is 0.000000200. The molecule has 4 aromatic heterocycles. The molecule has 2 unspecified atom stereocenters. The third-order valence-corrected chi connectivity index (χ3v) is 9.35. The van der Waals surface area contributed by atoms with Gasteiger partial charge < -0.3 is 14.4 Å². The van der Waals surface area contributed by atoms with Gasteiger partial charge in [0.05, 0.1) is 11.7 Å². The number of nitrogens with zero attached hydrogens (tertiary/aromatic N) is 5. The fourth-order valence-electron chi connectivity index (χ4n) is 6.64. The second-order valence-electron chi connectivity index (χ2n) is 12.9. The second-order valence-corrected chi connectivity index (χ2v) is 12.9. The van der Waals surface area contributed by atoms with Crippen molar-refractivity contribution in [3.63, 3.8) is 0 Å². The smallest absolute Gasteiger partial charge is 0.267 e. The van der Waals surface area contributed by atoms with Crippen LogP contribution >= 0.6 is 0 Å². The number of aromatic nitrogens is 4. The maximum atomic E-state index is 13.1. The van der Waals surface area contributed by atoms with E-state index in [1.165, 1.54) is 0 Å². The van der Waals surface area contributed by atoms with Gasteiger partial charge in [0.1, 0.15) is 0 Å². The topological polar surface area (TPSA) is 83.9 Å². The maximum Gasteiger partial charge on any atom is 0.267 e. The molecule has 2 atom stereocenters. The van der Waals surface area contributed by atoms with Crippen LogP contribution in [0.3, 0.4) is 0 Å². The second kappa shape index (κ2) is 10.5. The number of hydrogen-bond donors (Lipinski definition) is 0. The molecule has 5 aromatic rings. The van der Waals surface area contributed by atoms with Crippen LogP contribution < -0.4 is 5.56 Å². The van der Waals surface area contributed by atoms with Crippen molar-refractivity contribution in [3.8, 4) is 17.3 Å². The molecule has 0 N–H and O–H groups in total. The van der Waals surface area contributed by atoms with Crippen molar-refractivity contribution < 1.29 is 20.1 Å². The standard InChI is InChI=1S/C23H26N3O.C12H7N2.Ir/c1-21(2,3)16-8-7-13-15(24-16)10-12-26-18-17(20(27)25-19(13)26)14-9-11-23(18,6)22(14,4)5;13-9-10-4-3-5-11(8-10)12-6-1-2-7-14-12;/h8,10,12,14H,9,11H2,1-6H3;1-4,6-8H;/q2*-1;. The van der Waals surface area contributed by atoms with Crippen LogP contribution in [0.5, 0.6) is 0 Å². The molecular formula is C35H33IrN5O-2. The Morgan fingerprint density at radius 2 is 1.88 bits per heavy atom. The molecule has 0 spiro atoms. The molecular weight excluding hydrogens is 699 g/mol. The molecule has 2 aliphatic carbocycles. The predicted octanol–water partition coefficient (Wildman–Crippen LogP) is 6.93. The van der Waals surface area contributed by atoms with Gasteiger partial charge in [-0.25, -0.2) is 4.98 Å². The predicted molar refractivity (Wildman–Crippen MR) is 161 cm³/mol. The molecule has 1 fully saturated rings. The average molecular weight is 732 g/mol. The van der Waals surface area contributed by atoms with E-state index in [4.69, 9.17) is 10.2 Å². The first kappa shape index (κ1) is 29.8. The summed E-state index contributed by atoms with van der Waals surface area (Å²) in [4.78, 5) is 26.6. The van der Waals surface area contributed by atoms with E-state index in [0.29, 0.717) is 17.1 Å². The first-order valence-corrected chi connectivity index (χ1v) is 14.1. The molecule has 7 rings (SSSR count). The van der Waals surface area contributed by atoms with Gasteiger partial charge >= 0.3 is 0 Å². The summed E-state index contributed by atoms with van der Waals surface area (Å²) in [5, 5.41) is 9.55. The number of rotatable bonds is 1. The summed E-state index contributed by atoms with van der Waals surface area (Å²) in [6, 6.07) is 23.4. The summed E-state index contributed by atoms with van der Waals surface area (Å²) >= 11 is 0.